The van der Waals surface area contributed by atoms with Crippen LogP contribution in [0.5, 0.6) is 5.75 Å². The first kappa shape index (κ1) is 13.6. The number of hydrogen-bond donors (Lipinski definition) is 0. The van der Waals surface area contributed by atoms with Crippen molar-refractivity contribution in [3.8, 4) is 5.75 Å². The van der Waals surface area contributed by atoms with E-state index in [0.717, 1.165) is 37.4 Å². The van der Waals surface area contributed by atoms with Gasteiger partial charge in [0.1, 0.15) is 5.75 Å². The molecule has 0 bridgehead atoms. The fraction of sp³-hybridized carbons (Fsp3) is 0.588. The number of hydrogen-bond acceptors (Lipinski definition) is 3. The summed E-state index contributed by atoms with van der Waals surface area (Å²) in [5, 5.41) is 0. The summed E-state index contributed by atoms with van der Waals surface area (Å²) < 4.78 is 5.48. The van der Waals surface area contributed by atoms with E-state index in [2.05, 4.69) is 18.7 Å². The molecule has 0 unspecified atom stereocenters. The average Bonchev–Trinajstić information content (AvgIpc) is 2.88. The van der Waals surface area contributed by atoms with E-state index in [9.17, 15) is 4.79 Å². The normalized spacial score (nSPS) is 21.3. The number of piperidine rings is 1. The first-order valence-electron chi connectivity index (χ1n) is 7.55. The fourth-order valence-electron chi connectivity index (χ4n) is 2.97. The molecule has 2 aliphatic heterocycles. The van der Waals surface area contributed by atoms with Gasteiger partial charge in [-0.1, -0.05) is 13.8 Å². The Morgan fingerprint density at radius 3 is 2.80 bits per heavy atom. The van der Waals surface area contributed by atoms with Crippen LogP contribution in [-0.4, -0.2) is 36.9 Å². The predicted molar refractivity (Wildman–Crippen MR) is 79.4 cm³/mol. The minimum atomic E-state index is 0.236. The highest BCUT2D eigenvalue weighted by Gasteiger charge is 2.26. The van der Waals surface area contributed by atoms with Crippen LogP contribution in [0.4, 0.5) is 0 Å². The minimum absolute atomic E-state index is 0.236. The maximum atomic E-state index is 12.4. The largest absolute Gasteiger partial charge is 0.493 e. The van der Waals surface area contributed by atoms with Crippen molar-refractivity contribution in [3.63, 3.8) is 0 Å². The lowest BCUT2D eigenvalue weighted by molar-refractivity contribution is 0.0845. The van der Waals surface area contributed by atoms with Crippen LogP contribution in [0.25, 0.3) is 0 Å². The molecule has 0 saturated carbocycles. The Morgan fingerprint density at radius 2 is 2.05 bits per heavy atom. The van der Waals surface area contributed by atoms with E-state index in [-0.39, 0.29) is 5.78 Å². The summed E-state index contributed by atoms with van der Waals surface area (Å²) >= 11 is 0. The van der Waals surface area contributed by atoms with Crippen molar-refractivity contribution >= 4 is 5.78 Å². The molecule has 1 fully saturated rings. The molecule has 0 amide bonds. The monoisotopic (exact) mass is 273 g/mol. The Hall–Kier alpha value is -1.35. The summed E-state index contributed by atoms with van der Waals surface area (Å²) in [6.07, 6.45) is 3.28. The topological polar surface area (TPSA) is 29.5 Å². The number of likely N-dealkylation sites (tertiary alicyclic amines) is 1. The summed E-state index contributed by atoms with van der Waals surface area (Å²) in [6, 6.07) is 5.85. The van der Waals surface area contributed by atoms with Gasteiger partial charge < -0.3 is 4.74 Å². The molecule has 0 aliphatic carbocycles. The zero-order valence-corrected chi connectivity index (χ0v) is 12.4. The van der Waals surface area contributed by atoms with E-state index in [1.54, 1.807) is 0 Å². The first-order valence-corrected chi connectivity index (χ1v) is 7.55. The molecule has 2 heterocycles. The molecule has 0 N–H and O–H groups in total. The maximum absolute atomic E-state index is 12.4. The van der Waals surface area contributed by atoms with Crippen molar-refractivity contribution in [3.05, 3.63) is 29.3 Å². The third-order valence-electron chi connectivity index (χ3n) is 4.59. The van der Waals surface area contributed by atoms with Gasteiger partial charge in [-0.2, -0.15) is 0 Å². The fourth-order valence-corrected chi connectivity index (χ4v) is 2.97. The van der Waals surface area contributed by atoms with E-state index in [4.69, 9.17) is 4.74 Å². The van der Waals surface area contributed by atoms with Crippen LogP contribution in [-0.2, 0) is 6.42 Å². The number of benzene rings is 1. The summed E-state index contributed by atoms with van der Waals surface area (Å²) in [6.45, 7) is 7.99. The number of fused-ring (bicyclic) bond motifs is 1. The highest BCUT2D eigenvalue weighted by molar-refractivity contribution is 5.98. The molecule has 0 spiro atoms. The molecular formula is C17H23NO2. The zero-order valence-electron chi connectivity index (χ0n) is 12.4. The molecular weight excluding hydrogens is 250 g/mol. The number of carbonyl (C=O) groups is 1. The van der Waals surface area contributed by atoms with Crippen molar-refractivity contribution in [1.29, 1.82) is 0 Å². The van der Waals surface area contributed by atoms with Gasteiger partial charge in [-0.3, -0.25) is 9.69 Å². The molecule has 20 heavy (non-hydrogen) atoms. The predicted octanol–water partition coefficient (Wildman–Crippen LogP) is 2.93. The lowest BCUT2D eigenvalue weighted by atomic mass is 9.82. The smallest absolute Gasteiger partial charge is 0.176 e. The van der Waals surface area contributed by atoms with E-state index < -0.39 is 0 Å². The van der Waals surface area contributed by atoms with Crippen LogP contribution in [0, 0.1) is 5.41 Å². The standard InChI is InChI=1S/C17H23NO2/c1-17(2)6-8-18(9-7-17)12-15(19)13-3-4-16-14(11-13)5-10-20-16/h3-4,11H,5-10,12H2,1-2H3. The Kier molecular flexibility index (Phi) is 3.55. The number of rotatable bonds is 3. The molecule has 2 aliphatic rings. The van der Waals surface area contributed by atoms with Crippen LogP contribution < -0.4 is 4.74 Å². The zero-order chi connectivity index (χ0) is 14.2. The highest BCUT2D eigenvalue weighted by atomic mass is 16.5. The van der Waals surface area contributed by atoms with Gasteiger partial charge in [0.05, 0.1) is 13.2 Å². The van der Waals surface area contributed by atoms with Gasteiger partial charge in [0, 0.05) is 12.0 Å². The van der Waals surface area contributed by atoms with Gasteiger partial charge in [-0.05, 0) is 55.1 Å². The third-order valence-corrected chi connectivity index (χ3v) is 4.59. The van der Waals surface area contributed by atoms with Gasteiger partial charge in [-0.15, -0.1) is 0 Å². The quantitative estimate of drug-likeness (QED) is 0.793. The Bertz CT molecular complexity index is 512. The molecule has 0 atom stereocenters. The van der Waals surface area contributed by atoms with Gasteiger partial charge in [-0.25, -0.2) is 0 Å². The van der Waals surface area contributed by atoms with Crippen LogP contribution >= 0.6 is 0 Å². The van der Waals surface area contributed by atoms with Crippen LogP contribution in [0.2, 0.25) is 0 Å². The molecule has 1 aromatic rings. The maximum Gasteiger partial charge on any atom is 0.176 e. The number of Topliss-reactive ketones (excluding diaryl/α,β-unsaturated/α-hetero) is 1. The molecule has 1 aromatic carbocycles. The lowest BCUT2D eigenvalue weighted by Gasteiger charge is -2.36. The molecule has 1 saturated heterocycles. The minimum Gasteiger partial charge on any atom is -0.493 e. The number of nitrogens with zero attached hydrogens (tertiary/aromatic N) is 1. The SMILES string of the molecule is CC1(C)CCN(CC(=O)c2ccc3c(c2)CCO3)CC1. The van der Waals surface area contributed by atoms with Gasteiger partial charge >= 0.3 is 0 Å². The lowest BCUT2D eigenvalue weighted by Crippen LogP contribution is -2.40. The van der Waals surface area contributed by atoms with E-state index >= 15 is 0 Å². The number of ketones is 1. The van der Waals surface area contributed by atoms with Crippen LogP contribution in [0.15, 0.2) is 18.2 Å². The molecule has 3 rings (SSSR count). The summed E-state index contributed by atoms with van der Waals surface area (Å²) in [4.78, 5) is 14.7. The van der Waals surface area contributed by atoms with Crippen molar-refractivity contribution in [2.75, 3.05) is 26.2 Å². The first-order chi connectivity index (χ1) is 9.53. The molecule has 3 heteroatoms. The molecule has 0 aromatic heterocycles. The Morgan fingerprint density at radius 1 is 1.30 bits per heavy atom. The van der Waals surface area contributed by atoms with Gasteiger partial charge in [0.15, 0.2) is 5.78 Å². The Labute approximate surface area is 120 Å². The second-order valence-corrected chi connectivity index (χ2v) is 6.78. The number of carbonyl (C=O) groups excluding carboxylic acids is 1. The molecule has 0 radical (unpaired) electrons. The second kappa shape index (κ2) is 5.21. The van der Waals surface area contributed by atoms with Crippen LogP contribution in [0.1, 0.15) is 42.6 Å². The van der Waals surface area contributed by atoms with E-state index in [1.165, 1.54) is 18.4 Å². The summed E-state index contributed by atoms with van der Waals surface area (Å²) in [5.74, 6) is 1.18. The molecule has 3 nitrogen and oxygen atoms in total. The van der Waals surface area contributed by atoms with Crippen molar-refractivity contribution in [2.45, 2.75) is 33.1 Å². The Balaban J connectivity index is 1.62. The van der Waals surface area contributed by atoms with Crippen LogP contribution in [0.3, 0.4) is 0 Å². The highest BCUT2D eigenvalue weighted by Crippen LogP contribution is 2.30. The van der Waals surface area contributed by atoms with Crippen molar-refractivity contribution in [1.82, 2.24) is 4.90 Å². The van der Waals surface area contributed by atoms with Crippen molar-refractivity contribution < 1.29 is 9.53 Å². The van der Waals surface area contributed by atoms with Gasteiger partial charge in [0.2, 0.25) is 0 Å². The second-order valence-electron chi connectivity index (χ2n) is 6.78. The summed E-state index contributed by atoms with van der Waals surface area (Å²) in [5.41, 5.74) is 2.44. The number of ether oxygens (including phenoxy) is 1. The van der Waals surface area contributed by atoms with E-state index in [0.29, 0.717) is 12.0 Å². The average molecular weight is 273 g/mol. The van der Waals surface area contributed by atoms with Crippen molar-refractivity contribution in [2.24, 2.45) is 5.41 Å². The third kappa shape index (κ3) is 2.88. The summed E-state index contributed by atoms with van der Waals surface area (Å²) in [7, 11) is 0. The van der Waals surface area contributed by atoms with Gasteiger partial charge in [0.25, 0.3) is 0 Å². The molecule has 108 valence electrons. The van der Waals surface area contributed by atoms with E-state index in [1.807, 2.05) is 18.2 Å².